The Bertz CT molecular complexity index is 868. The Labute approximate surface area is 187 Å². The number of hydrogen-bond acceptors (Lipinski definition) is 4. The summed E-state index contributed by atoms with van der Waals surface area (Å²) in [6, 6.07) is 8.64. The summed E-state index contributed by atoms with van der Waals surface area (Å²) in [7, 11) is 1.84. The van der Waals surface area contributed by atoms with Gasteiger partial charge in [-0.15, -0.1) is 0 Å². The second-order valence-corrected chi connectivity index (χ2v) is 8.96. The number of aldehydes is 1. The lowest BCUT2D eigenvalue weighted by Gasteiger charge is -2.33. The van der Waals surface area contributed by atoms with Crippen LogP contribution in [-0.2, 0) is 4.79 Å². The maximum atomic E-state index is 11.8. The van der Waals surface area contributed by atoms with Gasteiger partial charge in [0.05, 0.1) is 11.7 Å². The summed E-state index contributed by atoms with van der Waals surface area (Å²) in [5.41, 5.74) is 2.77. The van der Waals surface area contributed by atoms with E-state index < -0.39 is 0 Å². The second kappa shape index (κ2) is 9.90. The maximum absolute atomic E-state index is 11.8. The molecule has 1 saturated carbocycles. The van der Waals surface area contributed by atoms with Crippen molar-refractivity contribution < 1.29 is 9.59 Å². The molecule has 0 bridgehead atoms. The van der Waals surface area contributed by atoms with Gasteiger partial charge in [0.15, 0.2) is 6.29 Å². The van der Waals surface area contributed by atoms with E-state index in [1.807, 2.05) is 18.9 Å². The number of benzene rings is 1. The van der Waals surface area contributed by atoms with Crippen LogP contribution in [0.4, 0.5) is 0 Å². The van der Waals surface area contributed by atoms with Crippen LogP contribution in [0.2, 0.25) is 10.0 Å². The van der Waals surface area contributed by atoms with E-state index in [9.17, 15) is 9.59 Å². The average molecular weight is 448 g/mol. The van der Waals surface area contributed by atoms with Crippen molar-refractivity contribution in [3.63, 3.8) is 0 Å². The number of likely N-dealkylation sites (tertiary alicyclic amines) is 1. The molecule has 1 unspecified atom stereocenters. The lowest BCUT2D eigenvalue weighted by Crippen LogP contribution is -2.47. The fourth-order valence-electron chi connectivity index (χ4n) is 3.62. The highest BCUT2D eigenvalue weighted by Crippen LogP contribution is 2.53. The summed E-state index contributed by atoms with van der Waals surface area (Å²) in [5.74, 6) is 0.267. The molecule has 2 heterocycles. The third kappa shape index (κ3) is 5.81. The molecule has 1 spiro atoms. The van der Waals surface area contributed by atoms with Gasteiger partial charge < -0.3 is 10.2 Å². The maximum Gasteiger partial charge on any atom is 0.239 e. The molecule has 160 valence electrons. The van der Waals surface area contributed by atoms with Gasteiger partial charge in [-0.1, -0.05) is 23.2 Å². The van der Waals surface area contributed by atoms with Crippen molar-refractivity contribution in [2.75, 3.05) is 20.1 Å². The quantitative estimate of drug-likeness (QED) is 0.679. The van der Waals surface area contributed by atoms with Gasteiger partial charge in [-0.3, -0.25) is 14.6 Å². The minimum absolute atomic E-state index is 0.0248. The highest BCUT2D eigenvalue weighted by Gasteiger charge is 2.45. The summed E-state index contributed by atoms with van der Waals surface area (Å²) in [5, 5.41) is 4.13. The number of aromatic nitrogens is 1. The Hall–Kier alpha value is -1.95. The first-order valence-corrected chi connectivity index (χ1v) is 11.0. The largest absolute Gasteiger partial charge is 0.341 e. The van der Waals surface area contributed by atoms with Gasteiger partial charge in [-0.05, 0) is 75.4 Å². The van der Waals surface area contributed by atoms with E-state index in [1.54, 1.807) is 30.3 Å². The normalized spacial score (nSPS) is 17.7. The summed E-state index contributed by atoms with van der Waals surface area (Å²) in [6.45, 7) is 3.89. The van der Waals surface area contributed by atoms with E-state index in [0.29, 0.717) is 21.0 Å². The van der Waals surface area contributed by atoms with Crippen LogP contribution in [0, 0.1) is 5.41 Å². The highest BCUT2D eigenvalue weighted by atomic mass is 35.5. The molecule has 1 aromatic heterocycles. The molecule has 2 fully saturated rings. The van der Waals surface area contributed by atoms with Gasteiger partial charge in [0, 0.05) is 40.5 Å². The van der Waals surface area contributed by atoms with Crippen molar-refractivity contribution >= 4 is 35.4 Å². The number of carbonyl (C=O) groups is 2. The molecule has 7 heteroatoms. The van der Waals surface area contributed by atoms with Crippen LogP contribution in [-0.4, -0.2) is 48.3 Å². The summed E-state index contributed by atoms with van der Waals surface area (Å²) in [6.07, 6.45) is 7.52. The molecule has 1 atom stereocenters. The molecule has 1 aromatic carbocycles. The number of nitrogens with one attached hydrogen (secondary N) is 1. The van der Waals surface area contributed by atoms with E-state index in [0.717, 1.165) is 30.6 Å². The number of amides is 1. The number of piperidine rings is 1. The molecule has 5 nitrogen and oxygen atoms in total. The van der Waals surface area contributed by atoms with E-state index >= 15 is 0 Å². The third-order valence-corrected chi connectivity index (χ3v) is 6.41. The Morgan fingerprint density at radius 1 is 1.13 bits per heavy atom. The van der Waals surface area contributed by atoms with Crippen LogP contribution >= 0.6 is 23.2 Å². The molecule has 30 heavy (non-hydrogen) atoms. The molecule has 1 aliphatic heterocycles. The number of pyridine rings is 1. The van der Waals surface area contributed by atoms with Crippen molar-refractivity contribution in [2.45, 2.75) is 38.6 Å². The van der Waals surface area contributed by atoms with Gasteiger partial charge in [0.2, 0.25) is 5.91 Å². The van der Waals surface area contributed by atoms with Crippen molar-refractivity contribution in [3.8, 4) is 11.3 Å². The standard InChI is InChI=1S/C12H7Cl2NO.C11H20N2O/c13-10-3-9(4-11(14)5-10)12-2-1-8(7-16)6-15-12;1-9(12-2)10(14)13-7-5-11(3-4-11)6-8-13/h1-7H;9,12H,3-8H2,1-2H3. The number of carbonyl (C=O) groups excluding carboxylic acids is 2. The molecule has 1 N–H and O–H groups in total. The van der Waals surface area contributed by atoms with Crippen LogP contribution < -0.4 is 5.32 Å². The SMILES string of the molecule is CNC(C)C(=O)N1CCC2(CC1)CC2.O=Cc1ccc(-c2cc(Cl)cc(Cl)c2)nc1. The van der Waals surface area contributed by atoms with Crippen molar-refractivity contribution in [2.24, 2.45) is 5.41 Å². The molecule has 1 aliphatic carbocycles. The van der Waals surface area contributed by atoms with Crippen LogP contribution in [0.1, 0.15) is 43.0 Å². The first kappa shape index (κ1) is 22.7. The monoisotopic (exact) mass is 447 g/mol. The lowest BCUT2D eigenvalue weighted by atomic mass is 9.93. The first-order valence-electron chi connectivity index (χ1n) is 10.2. The van der Waals surface area contributed by atoms with Crippen LogP contribution in [0.25, 0.3) is 11.3 Å². The van der Waals surface area contributed by atoms with Gasteiger partial charge in [0.1, 0.15) is 0 Å². The number of hydrogen-bond donors (Lipinski definition) is 1. The number of rotatable bonds is 4. The van der Waals surface area contributed by atoms with Crippen molar-refractivity contribution in [1.82, 2.24) is 15.2 Å². The number of likely N-dealkylation sites (N-methyl/N-ethyl adjacent to an activating group) is 1. The van der Waals surface area contributed by atoms with Gasteiger partial charge >= 0.3 is 0 Å². The Morgan fingerprint density at radius 3 is 2.23 bits per heavy atom. The minimum Gasteiger partial charge on any atom is -0.341 e. The zero-order valence-corrected chi connectivity index (χ0v) is 18.8. The Morgan fingerprint density at radius 2 is 1.77 bits per heavy atom. The van der Waals surface area contributed by atoms with Crippen LogP contribution in [0.15, 0.2) is 36.5 Å². The fourth-order valence-corrected chi connectivity index (χ4v) is 4.15. The van der Waals surface area contributed by atoms with E-state index in [2.05, 4.69) is 10.3 Å². The topological polar surface area (TPSA) is 62.3 Å². The zero-order valence-electron chi connectivity index (χ0n) is 17.3. The smallest absolute Gasteiger partial charge is 0.239 e. The van der Waals surface area contributed by atoms with Crippen LogP contribution in [0.3, 0.4) is 0 Å². The minimum atomic E-state index is -0.0248. The predicted octanol–water partition coefficient (Wildman–Crippen LogP) is 4.86. The van der Waals surface area contributed by atoms with Crippen molar-refractivity contribution in [3.05, 3.63) is 52.1 Å². The lowest BCUT2D eigenvalue weighted by molar-refractivity contribution is -0.134. The predicted molar refractivity (Wildman–Crippen MR) is 121 cm³/mol. The molecule has 2 aromatic rings. The summed E-state index contributed by atoms with van der Waals surface area (Å²) in [4.78, 5) is 28.5. The highest BCUT2D eigenvalue weighted by molar-refractivity contribution is 6.35. The first-order chi connectivity index (χ1) is 14.4. The van der Waals surface area contributed by atoms with Gasteiger partial charge in [-0.2, -0.15) is 0 Å². The van der Waals surface area contributed by atoms with Crippen LogP contribution in [0.5, 0.6) is 0 Å². The third-order valence-electron chi connectivity index (χ3n) is 5.98. The van der Waals surface area contributed by atoms with E-state index in [-0.39, 0.29) is 11.9 Å². The van der Waals surface area contributed by atoms with Gasteiger partial charge in [0.25, 0.3) is 0 Å². The molecule has 2 aliphatic rings. The number of halogens is 2. The molecule has 4 rings (SSSR count). The molecule has 0 radical (unpaired) electrons. The van der Waals surface area contributed by atoms with E-state index in [4.69, 9.17) is 23.2 Å². The average Bonchev–Trinajstić information content (AvgIpc) is 3.51. The Balaban J connectivity index is 0.000000172. The molecular formula is C23H27Cl2N3O2. The Kier molecular flexibility index (Phi) is 7.50. The van der Waals surface area contributed by atoms with Crippen molar-refractivity contribution in [1.29, 1.82) is 0 Å². The molecule has 1 saturated heterocycles. The summed E-state index contributed by atoms with van der Waals surface area (Å²) >= 11 is 11.8. The molecule has 1 amide bonds. The number of nitrogens with zero attached hydrogens (tertiary/aromatic N) is 2. The summed E-state index contributed by atoms with van der Waals surface area (Å²) < 4.78 is 0. The van der Waals surface area contributed by atoms with E-state index in [1.165, 1.54) is 31.9 Å². The fraction of sp³-hybridized carbons (Fsp3) is 0.435. The second-order valence-electron chi connectivity index (χ2n) is 8.09. The van der Waals surface area contributed by atoms with Gasteiger partial charge in [-0.25, -0.2) is 0 Å². The molecular weight excluding hydrogens is 421 g/mol. The zero-order chi connectivity index (χ0) is 21.7.